The summed E-state index contributed by atoms with van der Waals surface area (Å²) in [6.07, 6.45) is 8.07. The van der Waals surface area contributed by atoms with Gasteiger partial charge in [-0.25, -0.2) is 4.68 Å². The predicted molar refractivity (Wildman–Crippen MR) is 105 cm³/mol. The lowest BCUT2D eigenvalue weighted by Gasteiger charge is -2.26. The Morgan fingerprint density at radius 1 is 1.27 bits per heavy atom. The quantitative estimate of drug-likeness (QED) is 0.859. The van der Waals surface area contributed by atoms with Crippen molar-refractivity contribution in [2.24, 2.45) is 0 Å². The van der Waals surface area contributed by atoms with Gasteiger partial charge in [-0.3, -0.25) is 4.79 Å². The lowest BCUT2D eigenvalue weighted by Crippen LogP contribution is -2.22. The number of amides is 1. The monoisotopic (exact) mass is 357 g/mol. The first-order chi connectivity index (χ1) is 12.5. The molecule has 0 aromatic carbocycles. The van der Waals surface area contributed by atoms with Crippen LogP contribution in [-0.2, 0) is 6.54 Å². The van der Waals surface area contributed by atoms with Crippen molar-refractivity contribution in [3.05, 3.63) is 35.3 Å². The van der Waals surface area contributed by atoms with Crippen LogP contribution >= 0.6 is 0 Å². The van der Waals surface area contributed by atoms with E-state index in [1.165, 1.54) is 37.8 Å². The van der Waals surface area contributed by atoms with Gasteiger partial charge in [0.15, 0.2) is 0 Å². The third-order valence-electron chi connectivity index (χ3n) is 5.39. The van der Waals surface area contributed by atoms with Gasteiger partial charge in [-0.1, -0.05) is 19.3 Å². The van der Waals surface area contributed by atoms with Gasteiger partial charge in [0.25, 0.3) is 5.91 Å². The van der Waals surface area contributed by atoms with Crippen LogP contribution in [0.15, 0.2) is 18.3 Å². The SMILES string of the molecule is Cc1cc(C(=O)Nc2ccnn2CCN(C)C)c(C)n1C1CCCCC1. The zero-order valence-electron chi connectivity index (χ0n) is 16.5. The van der Waals surface area contributed by atoms with Crippen LogP contribution in [0.5, 0.6) is 0 Å². The maximum atomic E-state index is 12.9. The molecule has 6 heteroatoms. The Labute approximate surface area is 156 Å². The first-order valence-electron chi connectivity index (χ1n) is 9.63. The molecule has 142 valence electrons. The van der Waals surface area contributed by atoms with E-state index < -0.39 is 0 Å². The number of anilines is 1. The van der Waals surface area contributed by atoms with Crippen molar-refractivity contribution in [3.8, 4) is 0 Å². The van der Waals surface area contributed by atoms with E-state index in [2.05, 4.69) is 33.7 Å². The number of aromatic nitrogens is 3. The maximum Gasteiger partial charge on any atom is 0.258 e. The highest BCUT2D eigenvalue weighted by molar-refractivity contribution is 6.04. The van der Waals surface area contributed by atoms with Gasteiger partial charge in [0.2, 0.25) is 0 Å². The van der Waals surface area contributed by atoms with E-state index in [0.29, 0.717) is 6.04 Å². The topological polar surface area (TPSA) is 55.1 Å². The summed E-state index contributed by atoms with van der Waals surface area (Å²) >= 11 is 0. The molecule has 1 amide bonds. The summed E-state index contributed by atoms with van der Waals surface area (Å²) in [5.41, 5.74) is 3.03. The van der Waals surface area contributed by atoms with Crippen molar-refractivity contribution in [3.63, 3.8) is 0 Å². The number of nitrogens with one attached hydrogen (secondary N) is 1. The van der Waals surface area contributed by atoms with Crippen molar-refractivity contribution < 1.29 is 4.79 Å². The fraction of sp³-hybridized carbons (Fsp3) is 0.600. The Bertz CT molecular complexity index is 752. The number of carbonyl (C=O) groups excluding carboxylic acids is 1. The van der Waals surface area contributed by atoms with E-state index in [1.807, 2.05) is 30.9 Å². The van der Waals surface area contributed by atoms with Gasteiger partial charge in [-0.05, 0) is 46.9 Å². The lowest BCUT2D eigenvalue weighted by molar-refractivity contribution is 0.102. The molecule has 1 fully saturated rings. The summed E-state index contributed by atoms with van der Waals surface area (Å²) in [5, 5.41) is 7.37. The predicted octanol–water partition coefficient (Wildman–Crippen LogP) is 3.62. The molecule has 2 heterocycles. The van der Waals surface area contributed by atoms with Crippen molar-refractivity contribution >= 4 is 11.7 Å². The fourth-order valence-corrected chi connectivity index (χ4v) is 4.00. The highest BCUT2D eigenvalue weighted by atomic mass is 16.1. The summed E-state index contributed by atoms with van der Waals surface area (Å²) in [7, 11) is 4.06. The molecule has 0 saturated heterocycles. The molecule has 1 aliphatic carbocycles. The second-order valence-electron chi connectivity index (χ2n) is 7.64. The molecule has 0 spiro atoms. The molecule has 6 nitrogen and oxygen atoms in total. The standard InChI is InChI=1S/C20H31N5O/c1-15-14-18(16(2)25(15)17-8-6-5-7-9-17)20(26)22-19-10-11-21-24(19)13-12-23(3)4/h10-11,14,17H,5-9,12-13H2,1-4H3,(H,22,26). The Morgan fingerprint density at radius 3 is 2.69 bits per heavy atom. The minimum absolute atomic E-state index is 0.0493. The molecule has 1 aliphatic rings. The molecule has 3 rings (SSSR count). The van der Waals surface area contributed by atoms with Crippen LogP contribution in [0, 0.1) is 13.8 Å². The summed E-state index contributed by atoms with van der Waals surface area (Å²) in [6.45, 7) is 5.80. The van der Waals surface area contributed by atoms with Crippen LogP contribution in [0.2, 0.25) is 0 Å². The fourth-order valence-electron chi connectivity index (χ4n) is 4.00. The van der Waals surface area contributed by atoms with Gasteiger partial charge in [-0.15, -0.1) is 0 Å². The third-order valence-corrected chi connectivity index (χ3v) is 5.39. The van der Waals surface area contributed by atoms with Crippen LogP contribution in [0.1, 0.15) is 59.9 Å². The van der Waals surface area contributed by atoms with Crippen molar-refractivity contribution in [2.45, 2.75) is 58.5 Å². The van der Waals surface area contributed by atoms with Gasteiger partial charge in [-0.2, -0.15) is 5.10 Å². The molecule has 1 saturated carbocycles. The maximum absolute atomic E-state index is 12.9. The molecule has 2 aromatic heterocycles. The number of nitrogens with zero attached hydrogens (tertiary/aromatic N) is 4. The van der Waals surface area contributed by atoms with E-state index >= 15 is 0 Å². The zero-order valence-corrected chi connectivity index (χ0v) is 16.5. The van der Waals surface area contributed by atoms with Gasteiger partial charge < -0.3 is 14.8 Å². The average Bonchev–Trinajstić information content (AvgIpc) is 3.17. The first kappa shape index (κ1) is 18.7. The second kappa shape index (κ2) is 8.08. The number of rotatable bonds is 6. The van der Waals surface area contributed by atoms with Gasteiger partial charge in [0.05, 0.1) is 18.3 Å². The summed E-state index contributed by atoms with van der Waals surface area (Å²) in [4.78, 5) is 15.0. The molecule has 1 N–H and O–H groups in total. The minimum Gasteiger partial charge on any atom is -0.345 e. The molecule has 0 radical (unpaired) electrons. The van der Waals surface area contributed by atoms with Crippen LogP contribution in [0.4, 0.5) is 5.82 Å². The molecule has 26 heavy (non-hydrogen) atoms. The summed E-state index contributed by atoms with van der Waals surface area (Å²) in [5.74, 6) is 0.700. The van der Waals surface area contributed by atoms with E-state index in [1.54, 1.807) is 6.20 Å². The Morgan fingerprint density at radius 2 is 2.00 bits per heavy atom. The van der Waals surface area contributed by atoms with Gasteiger partial charge in [0, 0.05) is 30.0 Å². The molecule has 2 aromatic rings. The number of hydrogen-bond acceptors (Lipinski definition) is 3. The van der Waals surface area contributed by atoms with Gasteiger partial charge >= 0.3 is 0 Å². The van der Waals surface area contributed by atoms with Crippen LogP contribution < -0.4 is 5.32 Å². The number of aryl methyl sites for hydroxylation is 1. The Hall–Kier alpha value is -2.08. The smallest absolute Gasteiger partial charge is 0.258 e. The van der Waals surface area contributed by atoms with Crippen molar-refractivity contribution in [2.75, 3.05) is 26.0 Å². The minimum atomic E-state index is -0.0493. The number of carbonyl (C=O) groups is 1. The van der Waals surface area contributed by atoms with E-state index in [0.717, 1.165) is 30.2 Å². The van der Waals surface area contributed by atoms with Crippen LogP contribution in [0.25, 0.3) is 0 Å². The molecular weight excluding hydrogens is 326 g/mol. The molecule has 0 bridgehead atoms. The van der Waals surface area contributed by atoms with Crippen molar-refractivity contribution in [1.82, 2.24) is 19.2 Å². The van der Waals surface area contributed by atoms with E-state index in [-0.39, 0.29) is 5.91 Å². The van der Waals surface area contributed by atoms with Gasteiger partial charge in [0.1, 0.15) is 5.82 Å². The molecule has 0 atom stereocenters. The number of hydrogen-bond donors (Lipinski definition) is 1. The highest BCUT2D eigenvalue weighted by Gasteiger charge is 2.23. The molecular formula is C20H31N5O. The van der Waals surface area contributed by atoms with Crippen molar-refractivity contribution in [1.29, 1.82) is 0 Å². The Kier molecular flexibility index (Phi) is 5.81. The summed E-state index contributed by atoms with van der Waals surface area (Å²) in [6, 6.07) is 4.42. The zero-order chi connectivity index (χ0) is 18.7. The van der Waals surface area contributed by atoms with Crippen LogP contribution in [-0.4, -0.2) is 45.8 Å². The molecule has 0 unspecified atom stereocenters. The number of likely N-dealkylation sites (N-methyl/N-ethyl adjacent to an activating group) is 1. The highest BCUT2D eigenvalue weighted by Crippen LogP contribution is 2.32. The van der Waals surface area contributed by atoms with E-state index in [4.69, 9.17) is 0 Å². The average molecular weight is 358 g/mol. The first-order valence-corrected chi connectivity index (χ1v) is 9.63. The molecule has 0 aliphatic heterocycles. The second-order valence-corrected chi connectivity index (χ2v) is 7.64. The largest absolute Gasteiger partial charge is 0.345 e. The summed E-state index contributed by atoms with van der Waals surface area (Å²) < 4.78 is 4.22. The van der Waals surface area contributed by atoms with E-state index in [9.17, 15) is 4.79 Å². The normalized spacial score (nSPS) is 15.6. The van der Waals surface area contributed by atoms with Crippen LogP contribution in [0.3, 0.4) is 0 Å². The third kappa shape index (κ3) is 4.01. The lowest BCUT2D eigenvalue weighted by atomic mass is 9.95. The Balaban J connectivity index is 1.76.